The molecule has 0 bridgehead atoms. The smallest absolute Gasteiger partial charge is 0.322 e. The lowest BCUT2D eigenvalue weighted by molar-refractivity contribution is 0.0615. The van der Waals surface area contributed by atoms with Crippen molar-refractivity contribution in [1.82, 2.24) is 14.8 Å². The van der Waals surface area contributed by atoms with Crippen molar-refractivity contribution in [2.45, 2.75) is 13.5 Å². The number of hydrogen-bond acceptors (Lipinski definition) is 3. The Morgan fingerprint density at radius 2 is 2.09 bits per heavy atom. The van der Waals surface area contributed by atoms with Crippen molar-refractivity contribution in [2.75, 3.05) is 5.32 Å². The van der Waals surface area contributed by atoms with E-state index in [0.717, 1.165) is 10.0 Å². The minimum Gasteiger partial charge on any atom is -0.322 e. The van der Waals surface area contributed by atoms with Gasteiger partial charge in [0, 0.05) is 27.9 Å². The van der Waals surface area contributed by atoms with Gasteiger partial charge >= 0.3 is 6.55 Å². The summed E-state index contributed by atoms with van der Waals surface area (Å²) < 4.78 is 26.9. The number of pyridine rings is 1. The summed E-state index contributed by atoms with van der Waals surface area (Å²) in [6.45, 7) is -0.903. The van der Waals surface area contributed by atoms with Gasteiger partial charge in [0.1, 0.15) is 0 Å². The number of fused-ring (bicyclic) bond motifs is 1. The van der Waals surface area contributed by atoms with Gasteiger partial charge in [0.2, 0.25) is 0 Å². The van der Waals surface area contributed by atoms with E-state index < -0.39 is 6.55 Å². The molecule has 0 aliphatic heterocycles. The van der Waals surface area contributed by atoms with Gasteiger partial charge in [-0.25, -0.2) is 4.68 Å². The van der Waals surface area contributed by atoms with Crippen LogP contribution in [-0.2, 0) is 0 Å². The van der Waals surface area contributed by atoms with Gasteiger partial charge in [0.15, 0.2) is 0 Å². The first-order valence-corrected chi connectivity index (χ1v) is 7.43. The van der Waals surface area contributed by atoms with Crippen LogP contribution in [0.3, 0.4) is 0 Å². The molecule has 0 fully saturated rings. The second-order valence-electron chi connectivity index (χ2n) is 4.89. The maximum absolute atomic E-state index is 12.8. The normalized spacial score (nSPS) is 11.2. The molecule has 0 atom stereocenters. The third kappa shape index (κ3) is 2.94. The summed E-state index contributed by atoms with van der Waals surface area (Å²) in [6.07, 6.45) is 4.42. The highest BCUT2D eigenvalue weighted by Crippen LogP contribution is 2.24. The van der Waals surface area contributed by atoms with Crippen LogP contribution < -0.4 is 5.32 Å². The molecule has 3 aromatic rings. The van der Waals surface area contributed by atoms with Crippen molar-refractivity contribution in [3.63, 3.8) is 0 Å². The molecule has 0 saturated heterocycles. The number of halogens is 3. The fourth-order valence-corrected chi connectivity index (χ4v) is 2.55. The lowest BCUT2D eigenvalue weighted by atomic mass is 10.1. The first-order valence-electron chi connectivity index (χ1n) is 6.64. The molecule has 0 aliphatic rings. The minimum atomic E-state index is -2.71. The van der Waals surface area contributed by atoms with Crippen molar-refractivity contribution in [3.8, 4) is 0 Å². The van der Waals surface area contributed by atoms with Gasteiger partial charge in [-0.1, -0.05) is 0 Å². The van der Waals surface area contributed by atoms with Gasteiger partial charge in [0.05, 0.1) is 17.3 Å². The van der Waals surface area contributed by atoms with Gasteiger partial charge in [-0.2, -0.15) is 13.9 Å². The maximum Gasteiger partial charge on any atom is 0.333 e. The highest BCUT2D eigenvalue weighted by Gasteiger charge is 2.14. The van der Waals surface area contributed by atoms with Crippen LogP contribution in [0.25, 0.3) is 10.9 Å². The van der Waals surface area contributed by atoms with Crippen LogP contribution in [0.2, 0.25) is 0 Å². The second-order valence-corrected chi connectivity index (χ2v) is 5.74. The molecule has 0 radical (unpaired) electrons. The Labute approximate surface area is 138 Å². The van der Waals surface area contributed by atoms with Crippen molar-refractivity contribution in [2.24, 2.45) is 0 Å². The number of anilines is 1. The Balaban J connectivity index is 1.89. The molecule has 118 valence electrons. The number of alkyl halides is 2. The van der Waals surface area contributed by atoms with E-state index in [1.165, 1.54) is 18.5 Å². The van der Waals surface area contributed by atoms with Gasteiger partial charge in [-0.3, -0.25) is 9.78 Å². The van der Waals surface area contributed by atoms with E-state index in [0.29, 0.717) is 26.8 Å². The third-order valence-corrected chi connectivity index (χ3v) is 4.24. The first kappa shape index (κ1) is 15.5. The molecular weight excluding hydrogens is 370 g/mol. The average Bonchev–Trinajstić information content (AvgIpc) is 2.93. The number of carbonyl (C=O) groups excluding carboxylic acids is 1. The fraction of sp³-hybridized carbons (Fsp3) is 0.133. The van der Waals surface area contributed by atoms with Crippen molar-refractivity contribution in [1.29, 1.82) is 0 Å². The minimum absolute atomic E-state index is 0.304. The Bertz CT molecular complexity index is 894. The number of hydrogen-bond donors (Lipinski definition) is 1. The van der Waals surface area contributed by atoms with E-state index >= 15 is 0 Å². The quantitative estimate of drug-likeness (QED) is 0.742. The Kier molecular flexibility index (Phi) is 4.08. The standard InChI is InChI=1S/C15H11BrF2N4O/c1-8-11(6-19-7-12(8)16)14(23)21-10-2-3-13-9(4-10)5-20-22(13)15(17)18/h2-7,15H,1H3,(H,21,23). The van der Waals surface area contributed by atoms with Crippen LogP contribution in [0, 0.1) is 6.92 Å². The number of nitrogens with zero attached hydrogens (tertiary/aromatic N) is 3. The molecular formula is C15H11BrF2N4O. The maximum atomic E-state index is 12.8. The zero-order valence-corrected chi connectivity index (χ0v) is 13.5. The topological polar surface area (TPSA) is 59.8 Å². The molecule has 0 aliphatic carbocycles. The summed E-state index contributed by atoms with van der Waals surface area (Å²) >= 11 is 3.32. The van der Waals surface area contributed by atoms with Crippen LogP contribution in [0.1, 0.15) is 22.5 Å². The molecule has 8 heteroatoms. The summed E-state index contributed by atoms with van der Waals surface area (Å²) in [4.78, 5) is 16.3. The molecule has 2 heterocycles. The van der Waals surface area contributed by atoms with Crippen LogP contribution in [0.5, 0.6) is 0 Å². The molecule has 5 nitrogen and oxygen atoms in total. The number of nitrogens with one attached hydrogen (secondary N) is 1. The summed E-state index contributed by atoms with van der Waals surface area (Å²) in [5.41, 5.74) is 2.00. The number of aromatic nitrogens is 3. The number of benzene rings is 1. The molecule has 1 aromatic carbocycles. The van der Waals surface area contributed by atoms with E-state index in [1.54, 1.807) is 25.3 Å². The molecule has 3 rings (SSSR count). The van der Waals surface area contributed by atoms with Crippen LogP contribution in [0.4, 0.5) is 14.5 Å². The number of amides is 1. The third-order valence-electron chi connectivity index (χ3n) is 3.44. The SMILES string of the molecule is Cc1c(Br)cncc1C(=O)Nc1ccc2c(cnn2C(F)F)c1. The van der Waals surface area contributed by atoms with E-state index in [1.807, 2.05) is 0 Å². The zero-order valence-electron chi connectivity index (χ0n) is 11.9. The summed E-state index contributed by atoms with van der Waals surface area (Å²) in [5, 5.41) is 6.89. The van der Waals surface area contributed by atoms with E-state index in [9.17, 15) is 13.6 Å². The van der Waals surface area contributed by atoms with Crippen LogP contribution in [-0.4, -0.2) is 20.7 Å². The lowest BCUT2D eigenvalue weighted by Crippen LogP contribution is -2.14. The molecule has 0 spiro atoms. The number of carbonyl (C=O) groups is 1. The van der Waals surface area contributed by atoms with E-state index in [4.69, 9.17) is 0 Å². The van der Waals surface area contributed by atoms with E-state index in [-0.39, 0.29) is 5.91 Å². The highest BCUT2D eigenvalue weighted by atomic mass is 79.9. The Morgan fingerprint density at radius 3 is 2.83 bits per heavy atom. The molecule has 0 saturated carbocycles. The molecule has 1 amide bonds. The van der Waals surface area contributed by atoms with Crippen molar-refractivity contribution in [3.05, 3.63) is 52.4 Å². The Morgan fingerprint density at radius 1 is 1.30 bits per heavy atom. The largest absolute Gasteiger partial charge is 0.333 e. The molecule has 0 unspecified atom stereocenters. The van der Waals surface area contributed by atoms with Gasteiger partial charge < -0.3 is 5.32 Å². The van der Waals surface area contributed by atoms with E-state index in [2.05, 4.69) is 31.3 Å². The van der Waals surface area contributed by atoms with Gasteiger partial charge in [-0.15, -0.1) is 0 Å². The average molecular weight is 381 g/mol. The summed E-state index contributed by atoms with van der Waals surface area (Å²) in [5.74, 6) is -0.322. The highest BCUT2D eigenvalue weighted by molar-refractivity contribution is 9.10. The van der Waals surface area contributed by atoms with Gasteiger partial charge in [0.25, 0.3) is 5.91 Å². The molecule has 23 heavy (non-hydrogen) atoms. The monoisotopic (exact) mass is 380 g/mol. The summed E-state index contributed by atoms with van der Waals surface area (Å²) in [6, 6.07) is 4.65. The summed E-state index contributed by atoms with van der Waals surface area (Å²) in [7, 11) is 0. The number of rotatable bonds is 3. The first-order chi connectivity index (χ1) is 11.0. The second kappa shape index (κ2) is 6.04. The van der Waals surface area contributed by atoms with Crippen LogP contribution in [0.15, 0.2) is 41.3 Å². The fourth-order valence-electron chi connectivity index (χ4n) is 2.21. The van der Waals surface area contributed by atoms with Gasteiger partial charge in [-0.05, 0) is 46.6 Å². The Hall–Kier alpha value is -2.35. The van der Waals surface area contributed by atoms with Crippen LogP contribution >= 0.6 is 15.9 Å². The van der Waals surface area contributed by atoms with Crippen molar-refractivity contribution < 1.29 is 13.6 Å². The predicted molar refractivity (Wildman–Crippen MR) is 85.6 cm³/mol. The van der Waals surface area contributed by atoms with Crippen molar-refractivity contribution >= 4 is 38.4 Å². The lowest BCUT2D eigenvalue weighted by Gasteiger charge is -2.09. The molecule has 1 N–H and O–H groups in total. The zero-order chi connectivity index (χ0) is 16.6. The predicted octanol–water partition coefficient (Wildman–Crippen LogP) is 4.15. The molecule has 2 aromatic heterocycles.